The summed E-state index contributed by atoms with van der Waals surface area (Å²) in [4.78, 5) is 18.7. The van der Waals surface area contributed by atoms with Crippen molar-refractivity contribution in [3.8, 4) is 0 Å². The number of hydrogen-bond donors (Lipinski definition) is 0. The van der Waals surface area contributed by atoms with Crippen molar-refractivity contribution in [2.75, 3.05) is 6.61 Å². The van der Waals surface area contributed by atoms with Crippen molar-refractivity contribution in [3.05, 3.63) is 48.6 Å². The summed E-state index contributed by atoms with van der Waals surface area (Å²) in [6, 6.07) is 10.2. The average Bonchev–Trinajstić information content (AvgIpc) is 3.24. The molecule has 2 aliphatic rings. The van der Waals surface area contributed by atoms with Gasteiger partial charge in [0.2, 0.25) is 0 Å². The molecule has 1 aromatic rings. The van der Waals surface area contributed by atoms with Crippen molar-refractivity contribution in [2.24, 2.45) is 0 Å². The van der Waals surface area contributed by atoms with Crippen LogP contribution in [0.5, 0.6) is 0 Å². The lowest BCUT2D eigenvalue weighted by atomic mass is 9.90. The third kappa shape index (κ3) is 2.70. The first-order valence-corrected chi connectivity index (χ1v) is 8.53. The molecule has 3 rings (SSSR count). The molecule has 0 N–H and O–H groups in total. The van der Waals surface area contributed by atoms with Gasteiger partial charge in [0, 0.05) is 12.0 Å². The maximum atomic E-state index is 12.7. The van der Waals surface area contributed by atoms with E-state index >= 15 is 0 Å². The molecule has 1 unspecified atom stereocenters. The van der Waals surface area contributed by atoms with Crippen molar-refractivity contribution in [3.63, 3.8) is 0 Å². The second-order valence-electron chi connectivity index (χ2n) is 6.32. The minimum Gasteiger partial charge on any atom is -0.465 e. The quantitative estimate of drug-likeness (QED) is 0.315. The van der Waals surface area contributed by atoms with Crippen molar-refractivity contribution >= 4 is 5.97 Å². The molecule has 1 aromatic carbocycles. The Balaban J connectivity index is 1.79. The van der Waals surface area contributed by atoms with Crippen LogP contribution >= 0.6 is 0 Å². The monoisotopic (exact) mass is 315 g/mol. The molecule has 23 heavy (non-hydrogen) atoms. The van der Waals surface area contributed by atoms with Gasteiger partial charge in [-0.15, -0.1) is 11.6 Å². The van der Waals surface area contributed by atoms with Crippen LogP contribution in [0, 0.1) is 0 Å². The Bertz CT molecular complexity index is 573. The van der Waals surface area contributed by atoms with E-state index in [2.05, 4.69) is 18.7 Å². The Kier molecular flexibility index (Phi) is 4.55. The highest BCUT2D eigenvalue weighted by molar-refractivity contribution is 5.82. The van der Waals surface area contributed by atoms with Crippen LogP contribution in [0.3, 0.4) is 0 Å². The van der Waals surface area contributed by atoms with Crippen LogP contribution in [0.2, 0.25) is 0 Å². The van der Waals surface area contributed by atoms with Gasteiger partial charge in [0.25, 0.3) is 0 Å². The van der Waals surface area contributed by atoms with Gasteiger partial charge in [0.1, 0.15) is 5.54 Å². The van der Waals surface area contributed by atoms with Crippen molar-refractivity contribution < 1.29 is 14.4 Å². The summed E-state index contributed by atoms with van der Waals surface area (Å²) < 4.78 is 5.38. The van der Waals surface area contributed by atoms with Gasteiger partial charge in [-0.2, -0.15) is 0 Å². The second-order valence-corrected chi connectivity index (χ2v) is 6.32. The highest BCUT2D eigenvalue weighted by atomic mass is 16.9. The fraction of sp³-hybridized carbons (Fsp3) is 0.526. The molecule has 4 heteroatoms. The summed E-state index contributed by atoms with van der Waals surface area (Å²) >= 11 is 0. The first kappa shape index (κ1) is 16.2. The van der Waals surface area contributed by atoms with Gasteiger partial charge in [-0.25, -0.2) is 4.79 Å². The van der Waals surface area contributed by atoms with E-state index in [4.69, 9.17) is 9.57 Å². The van der Waals surface area contributed by atoms with Gasteiger partial charge >= 0.3 is 5.97 Å². The van der Waals surface area contributed by atoms with Gasteiger partial charge in [0.05, 0.1) is 6.61 Å². The largest absolute Gasteiger partial charge is 0.465 e. The SMILES string of the molecule is C=CCCCC[C@]1(C(=O)OCC)CC[C@@]2(c3ccccc3)ON12. The van der Waals surface area contributed by atoms with Gasteiger partial charge in [-0.05, 0) is 32.6 Å². The molecule has 0 aromatic heterocycles. The van der Waals surface area contributed by atoms with Crippen molar-refractivity contribution in [2.45, 2.75) is 56.7 Å². The van der Waals surface area contributed by atoms with E-state index < -0.39 is 11.3 Å². The topological polar surface area (TPSA) is 41.8 Å². The number of nitrogens with zero attached hydrogens (tertiary/aromatic N) is 1. The number of carbonyl (C=O) groups excluding carboxylic acids is 1. The number of hydroxylamine groups is 2. The van der Waals surface area contributed by atoms with Gasteiger partial charge < -0.3 is 4.74 Å². The average molecular weight is 315 g/mol. The Hall–Kier alpha value is -1.65. The van der Waals surface area contributed by atoms with E-state index in [1.54, 1.807) is 0 Å². The van der Waals surface area contributed by atoms with E-state index in [1.165, 1.54) is 0 Å². The second kappa shape index (κ2) is 6.46. The van der Waals surface area contributed by atoms with E-state index in [0.29, 0.717) is 6.61 Å². The molecular formula is C19H25NO3. The molecule has 3 atom stereocenters. The lowest BCUT2D eigenvalue weighted by molar-refractivity contribution is -0.159. The van der Waals surface area contributed by atoms with Crippen molar-refractivity contribution in [1.29, 1.82) is 0 Å². The van der Waals surface area contributed by atoms with Crippen LogP contribution in [-0.4, -0.2) is 23.2 Å². The highest BCUT2D eigenvalue weighted by Crippen LogP contribution is 2.61. The van der Waals surface area contributed by atoms with Crippen LogP contribution in [0.4, 0.5) is 0 Å². The van der Waals surface area contributed by atoms with E-state index in [0.717, 1.165) is 44.1 Å². The Morgan fingerprint density at radius 1 is 1.35 bits per heavy atom. The molecule has 0 spiro atoms. The fourth-order valence-corrected chi connectivity index (χ4v) is 3.69. The molecular weight excluding hydrogens is 290 g/mol. The third-order valence-corrected chi connectivity index (χ3v) is 4.93. The van der Waals surface area contributed by atoms with Crippen LogP contribution < -0.4 is 0 Å². The summed E-state index contributed by atoms with van der Waals surface area (Å²) in [6.07, 6.45) is 7.30. The molecule has 0 bridgehead atoms. The lowest BCUT2D eigenvalue weighted by Crippen LogP contribution is -2.45. The number of unbranched alkanes of at least 4 members (excludes halogenated alkanes) is 2. The molecule has 0 radical (unpaired) electrons. The number of carbonyl (C=O) groups is 1. The van der Waals surface area contributed by atoms with Gasteiger partial charge in [0.15, 0.2) is 5.72 Å². The van der Waals surface area contributed by atoms with Crippen molar-refractivity contribution in [1.82, 2.24) is 5.06 Å². The van der Waals surface area contributed by atoms with Gasteiger partial charge in [-0.3, -0.25) is 4.84 Å². The molecule has 0 amide bonds. The number of fused-ring (bicyclic) bond motifs is 1. The van der Waals surface area contributed by atoms with E-state index in [-0.39, 0.29) is 5.97 Å². The molecule has 0 saturated carbocycles. The molecule has 2 aliphatic heterocycles. The van der Waals surface area contributed by atoms with E-state index in [1.807, 2.05) is 36.3 Å². The minimum atomic E-state index is -0.632. The zero-order valence-corrected chi connectivity index (χ0v) is 13.8. The zero-order valence-electron chi connectivity index (χ0n) is 13.8. The normalized spacial score (nSPS) is 31.4. The van der Waals surface area contributed by atoms with Crippen LogP contribution in [0.25, 0.3) is 0 Å². The number of esters is 1. The predicted octanol–water partition coefficient (Wildman–Crippen LogP) is 3.93. The predicted molar refractivity (Wildman–Crippen MR) is 88.3 cm³/mol. The standard InChI is InChI=1S/C19H25NO3/c1-3-5-6-10-13-18(17(21)22-4-2)14-15-19(20(18)23-19)16-11-8-7-9-12-16/h3,7-9,11-12H,1,4-6,10,13-15H2,2H3/t18-,19+,20?/m1/s1. The number of ether oxygens (including phenoxy) is 1. The highest BCUT2D eigenvalue weighted by Gasteiger charge is 2.73. The fourth-order valence-electron chi connectivity index (χ4n) is 3.69. The summed E-state index contributed by atoms with van der Waals surface area (Å²) in [5.74, 6) is -0.145. The number of rotatable bonds is 8. The first-order chi connectivity index (χ1) is 11.2. The smallest absolute Gasteiger partial charge is 0.329 e. The lowest BCUT2D eigenvalue weighted by Gasteiger charge is -2.27. The molecule has 2 heterocycles. The summed E-state index contributed by atoms with van der Waals surface area (Å²) in [7, 11) is 0. The van der Waals surface area contributed by atoms with Crippen LogP contribution in [0.1, 0.15) is 51.0 Å². The zero-order chi connectivity index (χ0) is 16.3. The van der Waals surface area contributed by atoms with E-state index in [9.17, 15) is 4.79 Å². The maximum Gasteiger partial charge on any atom is 0.329 e. The Labute approximate surface area is 138 Å². The van der Waals surface area contributed by atoms with Crippen LogP contribution in [-0.2, 0) is 20.1 Å². The summed E-state index contributed by atoms with van der Waals surface area (Å²) in [5.41, 5.74) is 0.0664. The molecule has 2 fully saturated rings. The maximum absolute atomic E-state index is 12.7. The third-order valence-electron chi connectivity index (χ3n) is 4.93. The number of hydrogen-bond acceptors (Lipinski definition) is 4. The Morgan fingerprint density at radius 3 is 2.78 bits per heavy atom. The molecule has 2 saturated heterocycles. The number of benzene rings is 1. The summed E-state index contributed by atoms with van der Waals surface area (Å²) in [6.45, 7) is 6.01. The summed E-state index contributed by atoms with van der Waals surface area (Å²) in [5, 5.41) is 1.90. The Morgan fingerprint density at radius 2 is 2.13 bits per heavy atom. The minimum absolute atomic E-state index is 0.145. The molecule has 0 aliphatic carbocycles. The molecule has 4 nitrogen and oxygen atoms in total. The first-order valence-electron chi connectivity index (χ1n) is 8.53. The number of allylic oxidation sites excluding steroid dienone is 1. The van der Waals surface area contributed by atoms with Crippen LogP contribution in [0.15, 0.2) is 43.0 Å². The molecule has 124 valence electrons. The van der Waals surface area contributed by atoms with Gasteiger partial charge in [-0.1, -0.05) is 42.8 Å².